The van der Waals surface area contributed by atoms with Crippen molar-refractivity contribution in [3.8, 4) is 0 Å². The summed E-state index contributed by atoms with van der Waals surface area (Å²) >= 11 is 12.2. The molecule has 2 saturated heterocycles. The van der Waals surface area contributed by atoms with Crippen molar-refractivity contribution < 1.29 is 9.59 Å². The molecule has 2 atom stereocenters. The van der Waals surface area contributed by atoms with Crippen LogP contribution in [0.25, 0.3) is 0 Å². The van der Waals surface area contributed by atoms with E-state index in [4.69, 9.17) is 23.2 Å². The van der Waals surface area contributed by atoms with Gasteiger partial charge in [-0.1, -0.05) is 23.2 Å². The fourth-order valence-corrected chi connectivity index (χ4v) is 5.00. The molecule has 0 spiro atoms. The molecule has 1 aromatic rings. The lowest BCUT2D eigenvalue weighted by Crippen LogP contribution is -2.50. The molecule has 26 heavy (non-hydrogen) atoms. The molecule has 0 bridgehead atoms. The van der Waals surface area contributed by atoms with Crippen LogP contribution in [0.4, 0.5) is 0 Å². The van der Waals surface area contributed by atoms with Gasteiger partial charge in [-0.2, -0.15) is 0 Å². The number of halogens is 2. The van der Waals surface area contributed by atoms with Crippen molar-refractivity contribution in [1.82, 2.24) is 9.80 Å². The Labute approximate surface area is 164 Å². The molecule has 1 aliphatic carbocycles. The quantitative estimate of drug-likeness (QED) is 0.773. The van der Waals surface area contributed by atoms with Gasteiger partial charge in [-0.25, -0.2) is 0 Å². The Balaban J connectivity index is 1.56. The standard InChI is InChI=1S/C20H24Cl2N2O2/c21-17-9-14-15(10-18(17)22)19(25)11-16(14)20(26)24-8-2-1-5-13(24)12-23-6-3-4-7-23/h9-10,13,16H,1-8,11-12H2/t13-,16-/m0/s1. The lowest BCUT2D eigenvalue weighted by molar-refractivity contribution is -0.136. The molecule has 2 heterocycles. The van der Waals surface area contributed by atoms with Crippen LogP contribution in [0.3, 0.4) is 0 Å². The maximum atomic E-state index is 13.4. The highest BCUT2D eigenvalue weighted by Crippen LogP contribution is 2.39. The summed E-state index contributed by atoms with van der Waals surface area (Å²) in [4.78, 5) is 30.3. The summed E-state index contributed by atoms with van der Waals surface area (Å²) in [5.41, 5.74) is 1.31. The number of benzene rings is 1. The molecule has 2 aliphatic heterocycles. The second-order valence-electron chi connectivity index (χ2n) is 7.72. The molecule has 3 aliphatic rings. The third-order valence-corrected chi connectivity index (χ3v) is 6.76. The summed E-state index contributed by atoms with van der Waals surface area (Å²) < 4.78 is 0. The Morgan fingerprint density at radius 3 is 2.50 bits per heavy atom. The minimum absolute atomic E-state index is 0.00924. The Morgan fingerprint density at radius 1 is 1.04 bits per heavy atom. The molecule has 4 nitrogen and oxygen atoms in total. The van der Waals surface area contributed by atoms with Crippen LogP contribution in [0.2, 0.25) is 10.0 Å². The number of carbonyl (C=O) groups is 2. The summed E-state index contributed by atoms with van der Waals surface area (Å²) in [5, 5.41) is 0.780. The molecule has 0 unspecified atom stereocenters. The average molecular weight is 395 g/mol. The number of carbonyl (C=O) groups excluding carboxylic acids is 2. The van der Waals surface area contributed by atoms with Crippen molar-refractivity contribution >= 4 is 34.9 Å². The van der Waals surface area contributed by atoms with Crippen molar-refractivity contribution in [2.45, 2.75) is 50.5 Å². The second-order valence-corrected chi connectivity index (χ2v) is 8.54. The van der Waals surface area contributed by atoms with Crippen LogP contribution in [0.15, 0.2) is 12.1 Å². The Kier molecular flexibility index (Phi) is 5.27. The van der Waals surface area contributed by atoms with Gasteiger partial charge in [0.15, 0.2) is 5.78 Å². The van der Waals surface area contributed by atoms with Crippen LogP contribution in [-0.2, 0) is 4.79 Å². The Hall–Kier alpha value is -1.10. The van der Waals surface area contributed by atoms with E-state index in [0.29, 0.717) is 15.6 Å². The number of fused-ring (bicyclic) bond motifs is 1. The molecule has 1 amide bonds. The average Bonchev–Trinajstić information content (AvgIpc) is 3.24. The van der Waals surface area contributed by atoms with Crippen LogP contribution in [0.5, 0.6) is 0 Å². The van der Waals surface area contributed by atoms with Crippen LogP contribution in [0, 0.1) is 0 Å². The zero-order chi connectivity index (χ0) is 18.3. The maximum Gasteiger partial charge on any atom is 0.230 e. The first-order chi connectivity index (χ1) is 12.5. The van der Waals surface area contributed by atoms with E-state index in [1.807, 2.05) is 4.90 Å². The molecule has 6 heteroatoms. The van der Waals surface area contributed by atoms with Gasteiger partial charge in [0.1, 0.15) is 0 Å². The molecule has 2 fully saturated rings. The summed E-state index contributed by atoms with van der Waals surface area (Å²) in [6, 6.07) is 3.59. The van der Waals surface area contributed by atoms with Crippen LogP contribution in [-0.4, -0.2) is 53.7 Å². The van der Waals surface area contributed by atoms with E-state index < -0.39 is 5.92 Å². The first-order valence-electron chi connectivity index (χ1n) is 9.59. The van der Waals surface area contributed by atoms with Crippen LogP contribution < -0.4 is 0 Å². The molecule has 1 aromatic carbocycles. The smallest absolute Gasteiger partial charge is 0.230 e. The minimum Gasteiger partial charge on any atom is -0.338 e. The topological polar surface area (TPSA) is 40.6 Å². The third kappa shape index (κ3) is 3.39. The van der Waals surface area contributed by atoms with Crippen molar-refractivity contribution in [3.05, 3.63) is 33.3 Å². The summed E-state index contributed by atoms with van der Waals surface area (Å²) in [6.45, 7) is 4.02. The highest BCUT2D eigenvalue weighted by atomic mass is 35.5. The number of ketones is 1. The third-order valence-electron chi connectivity index (χ3n) is 6.03. The van der Waals surface area contributed by atoms with E-state index in [0.717, 1.165) is 44.6 Å². The molecule has 4 rings (SSSR count). The van der Waals surface area contributed by atoms with Gasteiger partial charge in [0.25, 0.3) is 0 Å². The Morgan fingerprint density at radius 2 is 1.73 bits per heavy atom. The molecule has 0 radical (unpaired) electrons. The van der Waals surface area contributed by atoms with E-state index in [1.54, 1.807) is 12.1 Å². The van der Waals surface area contributed by atoms with E-state index in [9.17, 15) is 9.59 Å². The number of hydrogen-bond acceptors (Lipinski definition) is 3. The second kappa shape index (κ2) is 7.49. The summed E-state index contributed by atoms with van der Waals surface area (Å²) in [7, 11) is 0. The van der Waals surface area contributed by atoms with Crippen molar-refractivity contribution in [2.24, 2.45) is 0 Å². The molecule has 140 valence electrons. The zero-order valence-electron chi connectivity index (χ0n) is 14.8. The van der Waals surface area contributed by atoms with Gasteiger partial charge in [-0.15, -0.1) is 0 Å². The first-order valence-corrected chi connectivity index (χ1v) is 10.3. The lowest BCUT2D eigenvalue weighted by Gasteiger charge is -2.39. The predicted molar refractivity (Wildman–Crippen MR) is 103 cm³/mol. The van der Waals surface area contributed by atoms with Gasteiger partial charge < -0.3 is 9.80 Å². The fourth-order valence-electron chi connectivity index (χ4n) is 4.66. The molecule has 0 saturated carbocycles. The number of likely N-dealkylation sites (tertiary alicyclic amines) is 2. The van der Waals surface area contributed by atoms with Gasteiger partial charge >= 0.3 is 0 Å². The van der Waals surface area contributed by atoms with E-state index in [2.05, 4.69) is 4.90 Å². The lowest BCUT2D eigenvalue weighted by atomic mass is 9.95. The highest BCUT2D eigenvalue weighted by Gasteiger charge is 2.40. The van der Waals surface area contributed by atoms with Gasteiger partial charge in [-0.05, 0) is 62.9 Å². The summed E-state index contributed by atoms with van der Waals surface area (Å²) in [5.74, 6) is -0.337. The normalized spacial score (nSPS) is 26.4. The monoisotopic (exact) mass is 394 g/mol. The van der Waals surface area contributed by atoms with Crippen LogP contribution in [0.1, 0.15) is 60.4 Å². The maximum absolute atomic E-state index is 13.4. The van der Waals surface area contributed by atoms with Crippen molar-refractivity contribution in [1.29, 1.82) is 0 Å². The van der Waals surface area contributed by atoms with Crippen molar-refractivity contribution in [3.63, 3.8) is 0 Å². The highest BCUT2D eigenvalue weighted by molar-refractivity contribution is 6.42. The molecular weight excluding hydrogens is 371 g/mol. The fraction of sp³-hybridized carbons (Fsp3) is 0.600. The van der Waals surface area contributed by atoms with E-state index in [1.165, 1.54) is 19.3 Å². The SMILES string of the molecule is O=C1C[C@H](C(=O)N2CCCC[C@H]2CN2CCCC2)c2cc(Cl)c(Cl)cc21. The molecule has 0 aromatic heterocycles. The summed E-state index contributed by atoms with van der Waals surface area (Å²) in [6.07, 6.45) is 6.00. The van der Waals surface area contributed by atoms with Gasteiger partial charge in [0.2, 0.25) is 5.91 Å². The molecular formula is C20H24Cl2N2O2. The predicted octanol–water partition coefficient (Wildman–Crippen LogP) is 4.14. The van der Waals surface area contributed by atoms with Gasteiger partial charge in [0, 0.05) is 31.1 Å². The number of piperidine rings is 1. The van der Waals surface area contributed by atoms with Gasteiger partial charge in [-0.3, -0.25) is 9.59 Å². The largest absolute Gasteiger partial charge is 0.338 e. The number of amides is 1. The Bertz CT molecular complexity index is 731. The van der Waals surface area contributed by atoms with E-state index >= 15 is 0 Å². The number of nitrogens with zero attached hydrogens (tertiary/aromatic N) is 2. The number of Topliss-reactive ketones (excluding diaryl/α,β-unsaturated/α-hetero) is 1. The molecule has 0 N–H and O–H groups in total. The first kappa shape index (κ1) is 18.3. The van der Waals surface area contributed by atoms with Crippen molar-refractivity contribution in [2.75, 3.05) is 26.2 Å². The van der Waals surface area contributed by atoms with Crippen LogP contribution >= 0.6 is 23.2 Å². The number of hydrogen-bond donors (Lipinski definition) is 0. The number of rotatable bonds is 3. The zero-order valence-corrected chi connectivity index (χ0v) is 16.4. The van der Waals surface area contributed by atoms with Gasteiger partial charge in [0.05, 0.1) is 16.0 Å². The minimum atomic E-state index is -0.411. The van der Waals surface area contributed by atoms with E-state index in [-0.39, 0.29) is 24.2 Å².